The molecule has 0 unspecified atom stereocenters. The fourth-order valence-electron chi connectivity index (χ4n) is 0.342. The van der Waals surface area contributed by atoms with Crippen molar-refractivity contribution in [3.05, 3.63) is 36.4 Å². The van der Waals surface area contributed by atoms with E-state index in [4.69, 9.17) is 0 Å². The maximum Gasteiger partial charge on any atom is -0.171 e. The summed E-state index contributed by atoms with van der Waals surface area (Å²) in [6, 6.07) is 12.5. The smallest absolute Gasteiger partial charge is 0.171 e. The molecular weight excluding hydrogens is 192 g/mol. The topological polar surface area (TPSA) is 0 Å². The summed E-state index contributed by atoms with van der Waals surface area (Å²) in [5, 5.41) is 0. The van der Waals surface area contributed by atoms with Crippen LogP contribution in [0.3, 0.4) is 0 Å². The Hall–Kier alpha value is 0.0634. The monoisotopic (exact) mass is 195 g/mol. The molecular formula is C6H5ClFZn-. The van der Waals surface area contributed by atoms with Crippen molar-refractivity contribution in [1.29, 1.82) is 0 Å². The average Bonchev–Trinajstić information content (AvgIpc) is 1.93. The number of hydrogen-bond acceptors (Lipinski definition) is 0. The van der Waals surface area contributed by atoms with Gasteiger partial charge in [-0.2, -0.15) is 36.4 Å². The zero-order valence-electron chi connectivity index (χ0n) is 4.85. The van der Waals surface area contributed by atoms with Crippen molar-refractivity contribution in [1.82, 2.24) is 0 Å². The molecule has 0 bridgehead atoms. The maximum atomic E-state index is 10.2. The van der Waals surface area contributed by atoms with Gasteiger partial charge in [-0.15, -0.1) is 0 Å². The first-order valence-electron chi connectivity index (χ1n) is 2.45. The first-order chi connectivity index (χ1) is 4.41. The van der Waals surface area contributed by atoms with Crippen molar-refractivity contribution in [3.8, 4) is 0 Å². The molecule has 0 aromatic heterocycles. The Morgan fingerprint density at radius 1 is 1.22 bits per heavy atom. The van der Waals surface area contributed by atoms with Gasteiger partial charge in [0.25, 0.3) is 0 Å². The molecule has 0 amide bonds. The van der Waals surface area contributed by atoms with Crippen LogP contribution < -0.4 is 0 Å². The van der Waals surface area contributed by atoms with E-state index in [2.05, 4.69) is 15.8 Å². The molecule has 0 aliphatic heterocycles. The van der Waals surface area contributed by atoms with Crippen LogP contribution in [0.1, 0.15) is 0 Å². The predicted molar refractivity (Wildman–Crippen MR) is 32.2 cm³/mol. The van der Waals surface area contributed by atoms with Crippen molar-refractivity contribution in [2.75, 3.05) is 0 Å². The van der Waals surface area contributed by atoms with Gasteiger partial charge in [-0.05, 0) is 0 Å². The molecule has 0 spiro atoms. The molecule has 0 saturated carbocycles. The molecule has 0 aliphatic rings. The van der Waals surface area contributed by atoms with Crippen molar-refractivity contribution >= 4 is 9.69 Å². The van der Waals surface area contributed by atoms with Crippen molar-refractivity contribution < 1.29 is 20.0 Å². The molecule has 0 aliphatic carbocycles. The quantitative estimate of drug-likeness (QED) is 0.442. The fraction of sp³-hybridized carbons (Fsp3) is 0. The van der Waals surface area contributed by atoms with Gasteiger partial charge in [0, 0.05) is 0 Å². The Morgan fingerprint density at radius 3 is 1.78 bits per heavy atom. The van der Waals surface area contributed by atoms with E-state index in [0.717, 1.165) is 0 Å². The summed E-state index contributed by atoms with van der Waals surface area (Å²) in [5.41, 5.74) is 0. The Bertz CT molecular complexity index is 95.9. The second-order valence-corrected chi connectivity index (χ2v) is 2.65. The number of hydrogen-bond donors (Lipinski definition) is 0. The number of benzene rings is 1. The molecule has 1 aromatic carbocycles. The molecule has 0 saturated heterocycles. The third-order valence-electron chi connectivity index (χ3n) is 0.607. The summed E-state index contributed by atoms with van der Waals surface area (Å²) in [5.74, 6) is 0. The second-order valence-electron chi connectivity index (χ2n) is 1.18. The first-order valence-corrected chi connectivity index (χ1v) is 7.47. The fourth-order valence-corrected chi connectivity index (χ4v) is 0.342. The molecule has 0 nitrogen and oxygen atoms in total. The Morgan fingerprint density at radius 2 is 1.67 bits per heavy atom. The third kappa shape index (κ3) is 8.06. The van der Waals surface area contributed by atoms with Gasteiger partial charge in [-0.25, -0.2) is 0 Å². The first kappa shape index (κ1) is 9.06. The van der Waals surface area contributed by atoms with Crippen LogP contribution in [0.15, 0.2) is 30.3 Å². The summed E-state index contributed by atoms with van der Waals surface area (Å²) in [7, 11) is 4.52. The minimum atomic E-state index is -1.90. The normalized spacial score (nSPS) is 6.44. The average molecular weight is 197 g/mol. The zero-order chi connectivity index (χ0) is 6.95. The molecule has 0 N–H and O–H groups in total. The number of halogens is 2. The van der Waals surface area contributed by atoms with Crippen LogP contribution in [0.25, 0.3) is 0 Å². The molecule has 9 heavy (non-hydrogen) atoms. The molecule has 0 fully saturated rings. The van der Waals surface area contributed by atoms with E-state index < -0.39 is 16.6 Å². The van der Waals surface area contributed by atoms with Gasteiger partial charge >= 0.3 is 29.6 Å². The predicted octanol–water partition coefficient (Wildman–Crippen LogP) is 2.59. The Kier molecular flexibility index (Phi) is 8.12. The molecule has 0 atom stereocenters. The third-order valence-corrected chi connectivity index (χ3v) is 0.607. The minimum Gasteiger partial charge on any atom is -0.184 e. The van der Waals surface area contributed by atoms with Crippen molar-refractivity contribution in [2.24, 2.45) is 0 Å². The summed E-state index contributed by atoms with van der Waals surface area (Å²) in [4.78, 5) is 0. The molecule has 1 aromatic rings. The van der Waals surface area contributed by atoms with Crippen molar-refractivity contribution in [2.45, 2.75) is 0 Å². The van der Waals surface area contributed by atoms with E-state index in [1.54, 1.807) is 0 Å². The van der Waals surface area contributed by atoms with E-state index in [1.807, 2.05) is 30.3 Å². The van der Waals surface area contributed by atoms with Crippen LogP contribution in [-0.2, 0) is 16.6 Å². The van der Waals surface area contributed by atoms with Crippen molar-refractivity contribution in [3.63, 3.8) is 0 Å². The van der Waals surface area contributed by atoms with E-state index in [9.17, 15) is 3.32 Å². The van der Waals surface area contributed by atoms with Crippen LogP contribution in [0, 0.1) is 6.07 Å². The van der Waals surface area contributed by atoms with Gasteiger partial charge in [0.15, 0.2) is 0 Å². The summed E-state index contributed by atoms with van der Waals surface area (Å²) < 4.78 is 10.2. The SMILES string of the molecule is [F][Zn][Cl].[c-]1ccccc1. The van der Waals surface area contributed by atoms with Gasteiger partial charge in [-0.3, -0.25) is 0 Å². The molecule has 0 radical (unpaired) electrons. The maximum absolute atomic E-state index is 10.2. The summed E-state index contributed by atoms with van der Waals surface area (Å²) in [6.45, 7) is 0. The standard InChI is InChI=1S/C6H5.ClH.FH.Zn/c1-2-4-6-5-3-1;;;/h1-5H;2*1H;/q-1;;;+2/p-2. The van der Waals surface area contributed by atoms with E-state index >= 15 is 0 Å². The summed E-state index contributed by atoms with van der Waals surface area (Å²) in [6.07, 6.45) is 0. The Labute approximate surface area is 66.2 Å². The van der Waals surface area contributed by atoms with Gasteiger partial charge in [0.2, 0.25) is 0 Å². The summed E-state index contributed by atoms with van der Waals surface area (Å²) >= 11 is -1.90. The minimum absolute atomic E-state index is 1.88. The van der Waals surface area contributed by atoms with Crippen LogP contribution in [-0.4, -0.2) is 0 Å². The van der Waals surface area contributed by atoms with Gasteiger partial charge in [-0.1, -0.05) is 0 Å². The van der Waals surface area contributed by atoms with Gasteiger partial charge < -0.3 is 0 Å². The molecule has 46 valence electrons. The van der Waals surface area contributed by atoms with Crippen LogP contribution >= 0.6 is 9.69 Å². The molecule has 0 heterocycles. The zero-order valence-corrected chi connectivity index (χ0v) is 8.57. The Balaban J connectivity index is 0.000000187. The van der Waals surface area contributed by atoms with E-state index in [0.29, 0.717) is 0 Å². The molecule has 3 heteroatoms. The van der Waals surface area contributed by atoms with Gasteiger partial charge in [0.1, 0.15) is 0 Å². The second kappa shape index (κ2) is 8.06. The largest absolute Gasteiger partial charge is 0.184 e. The molecule has 1 rings (SSSR count). The van der Waals surface area contributed by atoms with E-state index in [1.165, 1.54) is 0 Å². The van der Waals surface area contributed by atoms with Gasteiger partial charge in [0.05, 0.1) is 0 Å². The van der Waals surface area contributed by atoms with E-state index in [-0.39, 0.29) is 0 Å². The van der Waals surface area contributed by atoms with Crippen LogP contribution in [0.4, 0.5) is 3.32 Å². The van der Waals surface area contributed by atoms with Crippen LogP contribution in [0.5, 0.6) is 0 Å². The van der Waals surface area contributed by atoms with Crippen LogP contribution in [0.2, 0.25) is 0 Å². The number of rotatable bonds is 0.